The summed E-state index contributed by atoms with van der Waals surface area (Å²) >= 11 is 18.9. The van der Waals surface area contributed by atoms with Crippen LogP contribution in [-0.4, -0.2) is 27.2 Å². The standard InChI is InChI=1S/C18H14Cl3N5O2/c1-2-27-17-13(20)6-11(7-14(17)21)22-8-10-5-15-9(3-12(10)19)4-16(28-15)18-23-25-26-24-18/h3-7,22H,2,8H2,1H3,(H,23,24,25,26). The van der Waals surface area contributed by atoms with Crippen LogP contribution in [0.15, 0.2) is 34.7 Å². The minimum absolute atomic E-state index is 0.380. The number of rotatable bonds is 6. The summed E-state index contributed by atoms with van der Waals surface area (Å²) in [5.74, 6) is 1.36. The lowest BCUT2D eigenvalue weighted by atomic mass is 10.1. The van der Waals surface area contributed by atoms with Gasteiger partial charge in [0, 0.05) is 22.6 Å². The van der Waals surface area contributed by atoms with Crippen LogP contribution in [0.4, 0.5) is 5.69 Å². The number of nitrogens with one attached hydrogen (secondary N) is 2. The maximum atomic E-state index is 6.43. The molecule has 0 saturated heterocycles. The van der Waals surface area contributed by atoms with Crippen molar-refractivity contribution in [3.63, 3.8) is 0 Å². The van der Waals surface area contributed by atoms with E-state index in [0.29, 0.717) is 51.1 Å². The van der Waals surface area contributed by atoms with Crippen molar-refractivity contribution in [3.05, 3.63) is 51.0 Å². The normalized spacial score (nSPS) is 11.1. The quantitative estimate of drug-likeness (QED) is 0.408. The number of anilines is 1. The number of nitrogens with zero attached hydrogens (tertiary/aromatic N) is 3. The summed E-state index contributed by atoms with van der Waals surface area (Å²) in [5, 5.41) is 19.4. The number of H-pyrrole nitrogens is 1. The molecule has 4 rings (SSSR count). The lowest BCUT2D eigenvalue weighted by Gasteiger charge is -2.12. The summed E-state index contributed by atoms with van der Waals surface area (Å²) in [5.41, 5.74) is 2.27. The number of hydrogen-bond acceptors (Lipinski definition) is 6. The molecule has 0 spiro atoms. The fraction of sp³-hybridized carbons (Fsp3) is 0.167. The van der Waals surface area contributed by atoms with Crippen LogP contribution < -0.4 is 10.1 Å². The number of ether oxygens (including phenoxy) is 1. The molecule has 0 saturated carbocycles. The molecule has 0 amide bonds. The zero-order chi connectivity index (χ0) is 19.7. The molecule has 0 unspecified atom stereocenters. The molecule has 144 valence electrons. The molecular formula is C18H14Cl3N5O2. The summed E-state index contributed by atoms with van der Waals surface area (Å²) in [6.07, 6.45) is 0. The van der Waals surface area contributed by atoms with Crippen molar-refractivity contribution >= 4 is 51.5 Å². The third-order valence-electron chi connectivity index (χ3n) is 4.02. The molecule has 7 nitrogen and oxygen atoms in total. The highest BCUT2D eigenvalue weighted by molar-refractivity contribution is 6.37. The second-order valence-corrected chi connectivity index (χ2v) is 7.10. The number of halogens is 3. The number of fused-ring (bicyclic) bond motifs is 1. The number of aromatic amines is 1. The van der Waals surface area contributed by atoms with E-state index in [1.54, 1.807) is 12.1 Å². The van der Waals surface area contributed by atoms with Gasteiger partial charge < -0.3 is 14.5 Å². The zero-order valence-corrected chi connectivity index (χ0v) is 16.9. The topological polar surface area (TPSA) is 88.9 Å². The lowest BCUT2D eigenvalue weighted by molar-refractivity contribution is 0.340. The number of tetrazole rings is 1. The molecule has 0 bridgehead atoms. The Balaban J connectivity index is 1.57. The minimum atomic E-state index is 0.380. The first kappa shape index (κ1) is 18.9. The molecule has 28 heavy (non-hydrogen) atoms. The Morgan fingerprint density at radius 2 is 1.86 bits per heavy atom. The molecule has 2 heterocycles. The predicted molar refractivity (Wildman–Crippen MR) is 109 cm³/mol. The highest BCUT2D eigenvalue weighted by Gasteiger charge is 2.14. The molecule has 2 N–H and O–H groups in total. The van der Waals surface area contributed by atoms with E-state index in [0.717, 1.165) is 16.6 Å². The van der Waals surface area contributed by atoms with Gasteiger partial charge in [-0.25, -0.2) is 0 Å². The summed E-state index contributed by atoms with van der Waals surface area (Å²) in [6, 6.07) is 9.03. The highest BCUT2D eigenvalue weighted by atomic mass is 35.5. The van der Waals surface area contributed by atoms with Gasteiger partial charge in [0.25, 0.3) is 0 Å². The van der Waals surface area contributed by atoms with Crippen molar-refractivity contribution < 1.29 is 9.15 Å². The Labute approximate surface area is 174 Å². The Hall–Kier alpha value is -2.48. The molecule has 10 heteroatoms. The zero-order valence-electron chi connectivity index (χ0n) is 14.6. The number of hydrogen-bond donors (Lipinski definition) is 2. The maximum absolute atomic E-state index is 6.43. The Morgan fingerprint density at radius 3 is 2.54 bits per heavy atom. The van der Waals surface area contributed by atoms with E-state index in [-0.39, 0.29) is 0 Å². The molecule has 0 radical (unpaired) electrons. The summed E-state index contributed by atoms with van der Waals surface area (Å²) in [4.78, 5) is 0. The van der Waals surface area contributed by atoms with Gasteiger partial charge in [0.2, 0.25) is 5.82 Å². The van der Waals surface area contributed by atoms with E-state index in [1.807, 2.05) is 25.1 Å². The van der Waals surface area contributed by atoms with Gasteiger partial charge in [-0.05, 0) is 48.0 Å². The molecule has 0 atom stereocenters. The van der Waals surface area contributed by atoms with Crippen LogP contribution in [0.3, 0.4) is 0 Å². The first-order valence-electron chi connectivity index (χ1n) is 8.36. The van der Waals surface area contributed by atoms with Gasteiger partial charge >= 0.3 is 0 Å². The van der Waals surface area contributed by atoms with Crippen LogP contribution >= 0.6 is 34.8 Å². The van der Waals surface area contributed by atoms with Crippen molar-refractivity contribution in [2.24, 2.45) is 0 Å². The van der Waals surface area contributed by atoms with Crippen molar-refractivity contribution in [2.45, 2.75) is 13.5 Å². The maximum Gasteiger partial charge on any atom is 0.239 e. The van der Waals surface area contributed by atoms with Gasteiger partial charge in [-0.1, -0.05) is 34.8 Å². The van der Waals surface area contributed by atoms with Gasteiger partial charge in [-0.3, -0.25) is 0 Å². The van der Waals surface area contributed by atoms with Crippen LogP contribution in [0.5, 0.6) is 5.75 Å². The molecular weight excluding hydrogens is 425 g/mol. The number of aromatic nitrogens is 4. The van der Waals surface area contributed by atoms with Crippen LogP contribution in [-0.2, 0) is 6.54 Å². The third kappa shape index (κ3) is 3.73. The average Bonchev–Trinajstić information content (AvgIpc) is 3.32. The lowest BCUT2D eigenvalue weighted by Crippen LogP contribution is -2.01. The van der Waals surface area contributed by atoms with E-state index in [4.69, 9.17) is 44.0 Å². The largest absolute Gasteiger partial charge is 0.491 e. The molecule has 0 aliphatic heterocycles. The molecule has 0 fully saturated rings. The average molecular weight is 439 g/mol. The van der Waals surface area contributed by atoms with Gasteiger partial charge in [0.15, 0.2) is 11.5 Å². The van der Waals surface area contributed by atoms with Crippen molar-refractivity contribution in [3.8, 4) is 17.3 Å². The molecule has 2 aromatic carbocycles. The van der Waals surface area contributed by atoms with E-state index >= 15 is 0 Å². The van der Waals surface area contributed by atoms with Gasteiger partial charge in [-0.2, -0.15) is 5.21 Å². The van der Waals surface area contributed by atoms with E-state index in [9.17, 15) is 0 Å². The summed E-state index contributed by atoms with van der Waals surface area (Å²) in [6.45, 7) is 2.81. The van der Waals surface area contributed by atoms with E-state index in [2.05, 4.69) is 25.9 Å². The third-order valence-corrected chi connectivity index (χ3v) is 4.93. The second-order valence-electron chi connectivity index (χ2n) is 5.88. The Kier molecular flexibility index (Phi) is 5.30. The van der Waals surface area contributed by atoms with Gasteiger partial charge in [0.1, 0.15) is 5.58 Å². The smallest absolute Gasteiger partial charge is 0.239 e. The number of benzene rings is 2. The molecule has 0 aliphatic rings. The highest BCUT2D eigenvalue weighted by Crippen LogP contribution is 2.36. The first-order valence-corrected chi connectivity index (χ1v) is 9.50. The second kappa shape index (κ2) is 7.87. The molecule has 2 aromatic heterocycles. The Bertz CT molecular complexity index is 1100. The summed E-state index contributed by atoms with van der Waals surface area (Å²) in [7, 11) is 0. The van der Waals surface area contributed by atoms with Gasteiger partial charge in [0.05, 0.1) is 16.7 Å². The number of furan rings is 1. The Morgan fingerprint density at radius 1 is 1.07 bits per heavy atom. The van der Waals surface area contributed by atoms with Crippen LogP contribution in [0.25, 0.3) is 22.6 Å². The van der Waals surface area contributed by atoms with Crippen molar-refractivity contribution in [1.82, 2.24) is 20.6 Å². The first-order chi connectivity index (χ1) is 13.5. The van der Waals surface area contributed by atoms with E-state index < -0.39 is 0 Å². The molecule has 0 aliphatic carbocycles. The SMILES string of the molecule is CCOc1c(Cl)cc(NCc2cc3oc(-c4nn[nH]n4)cc3cc2Cl)cc1Cl. The van der Waals surface area contributed by atoms with Crippen molar-refractivity contribution in [1.29, 1.82) is 0 Å². The van der Waals surface area contributed by atoms with Crippen LogP contribution in [0.1, 0.15) is 12.5 Å². The predicted octanol–water partition coefficient (Wildman–Crippen LogP) is 5.58. The van der Waals surface area contributed by atoms with Crippen LogP contribution in [0, 0.1) is 0 Å². The van der Waals surface area contributed by atoms with E-state index in [1.165, 1.54) is 0 Å². The van der Waals surface area contributed by atoms with Crippen LogP contribution in [0.2, 0.25) is 15.1 Å². The van der Waals surface area contributed by atoms with Crippen molar-refractivity contribution in [2.75, 3.05) is 11.9 Å². The monoisotopic (exact) mass is 437 g/mol. The minimum Gasteiger partial charge on any atom is -0.491 e. The fourth-order valence-corrected chi connectivity index (χ4v) is 3.59. The molecule has 4 aromatic rings. The van der Waals surface area contributed by atoms with Gasteiger partial charge in [-0.15, -0.1) is 10.2 Å². The fourth-order valence-electron chi connectivity index (χ4n) is 2.75. The summed E-state index contributed by atoms with van der Waals surface area (Å²) < 4.78 is 11.3.